The molecule has 4 heterocycles. The van der Waals surface area contributed by atoms with E-state index in [0.717, 1.165) is 85.4 Å². The zero-order valence-electron chi connectivity index (χ0n) is 38.7. The molecule has 69 heavy (non-hydrogen) atoms. The molecule has 330 valence electrons. The summed E-state index contributed by atoms with van der Waals surface area (Å²) in [6.07, 6.45) is 3.01. The number of hydrogen-bond acceptors (Lipinski definition) is 3. The van der Waals surface area contributed by atoms with Crippen LogP contribution in [0.3, 0.4) is 0 Å². The molecule has 0 saturated carbocycles. The molecule has 2 aliphatic heterocycles. The normalized spacial score (nSPS) is 15.2. The fraction of sp³-hybridized carbons (Fsp3) is 0.0781. The van der Waals surface area contributed by atoms with E-state index in [1.165, 1.54) is 49.3 Å². The number of rotatable bonds is 6. The van der Waals surface area contributed by atoms with Crippen LogP contribution in [0.15, 0.2) is 229 Å². The predicted octanol–water partition coefficient (Wildman–Crippen LogP) is 16.2. The van der Waals surface area contributed by atoms with E-state index in [1.54, 1.807) is 0 Å². The number of nitrogens with zero attached hydrogens (tertiary/aromatic N) is 3. The lowest BCUT2D eigenvalue weighted by Crippen LogP contribution is -2.29. The van der Waals surface area contributed by atoms with Gasteiger partial charge < -0.3 is 19.2 Å². The van der Waals surface area contributed by atoms with Crippen LogP contribution in [-0.4, -0.2) is 15.0 Å². The van der Waals surface area contributed by atoms with Crippen LogP contribution in [0.5, 0.6) is 11.5 Å². The van der Waals surface area contributed by atoms with E-state index < -0.39 is 5.41 Å². The number of nitrogens with one attached hydrogen (secondary N) is 1. The maximum Gasteiger partial charge on any atom is 0.155 e. The van der Waals surface area contributed by atoms with E-state index in [-0.39, 0.29) is 0 Å². The second-order valence-corrected chi connectivity index (χ2v) is 18.8. The van der Waals surface area contributed by atoms with Gasteiger partial charge in [0, 0.05) is 49.5 Å². The molecule has 13 rings (SSSR count). The molecule has 0 saturated heterocycles. The molecule has 0 fully saturated rings. The summed E-state index contributed by atoms with van der Waals surface area (Å²) in [7, 11) is 0. The molecule has 2 aromatic heterocycles. The molecule has 0 spiro atoms. The Labute approximate surface area is 401 Å². The van der Waals surface area contributed by atoms with Gasteiger partial charge >= 0.3 is 0 Å². The van der Waals surface area contributed by atoms with Crippen molar-refractivity contribution in [2.24, 2.45) is 4.99 Å². The summed E-state index contributed by atoms with van der Waals surface area (Å²) in [5, 5.41) is 8.73. The van der Waals surface area contributed by atoms with E-state index in [4.69, 9.17) is 9.73 Å². The van der Waals surface area contributed by atoms with Gasteiger partial charge in [0.25, 0.3) is 0 Å². The first-order valence-corrected chi connectivity index (χ1v) is 23.8. The molecule has 2 aliphatic rings. The van der Waals surface area contributed by atoms with Crippen LogP contribution in [-0.2, 0) is 5.41 Å². The van der Waals surface area contributed by atoms with Crippen LogP contribution in [0.1, 0.15) is 55.0 Å². The Balaban J connectivity index is 0.958. The van der Waals surface area contributed by atoms with Gasteiger partial charge in [-0.05, 0) is 102 Å². The number of aromatic nitrogens is 2. The Morgan fingerprint density at radius 3 is 1.68 bits per heavy atom. The molecular weight excluding hydrogens is 841 g/mol. The average Bonchev–Trinajstić information content (AvgIpc) is 3.90. The predicted molar refractivity (Wildman–Crippen MR) is 287 cm³/mol. The van der Waals surface area contributed by atoms with Crippen molar-refractivity contribution in [3.8, 4) is 34.0 Å². The number of para-hydroxylation sites is 5. The van der Waals surface area contributed by atoms with Gasteiger partial charge in [0.15, 0.2) is 5.75 Å². The van der Waals surface area contributed by atoms with Gasteiger partial charge in [0.2, 0.25) is 0 Å². The van der Waals surface area contributed by atoms with Gasteiger partial charge in [-0.15, -0.1) is 0 Å². The summed E-state index contributed by atoms with van der Waals surface area (Å²) in [6, 6.07) is 76.2. The maximum atomic E-state index is 7.45. The molecule has 0 amide bonds. The Kier molecular flexibility index (Phi) is 9.41. The highest BCUT2D eigenvalue weighted by molar-refractivity contribution is 6.13. The zero-order chi connectivity index (χ0) is 46.2. The summed E-state index contributed by atoms with van der Waals surface area (Å²) in [5.74, 6) is 2.39. The monoisotopic (exact) mass is 888 g/mol. The number of aliphatic imine (C=N–C) groups is 1. The van der Waals surface area contributed by atoms with Crippen molar-refractivity contribution in [2.75, 3.05) is 0 Å². The topological polar surface area (TPSA) is 43.5 Å². The molecule has 0 bridgehead atoms. The van der Waals surface area contributed by atoms with Crippen molar-refractivity contribution in [1.82, 2.24) is 14.5 Å². The van der Waals surface area contributed by atoms with Crippen LogP contribution in [0.4, 0.5) is 0 Å². The van der Waals surface area contributed by atoms with Crippen LogP contribution < -0.4 is 10.1 Å². The third kappa shape index (κ3) is 6.57. The quantitative estimate of drug-likeness (QED) is 0.181. The first kappa shape index (κ1) is 40.6. The molecule has 0 unspecified atom stereocenters. The van der Waals surface area contributed by atoms with E-state index in [1.807, 2.05) is 0 Å². The van der Waals surface area contributed by atoms with E-state index in [2.05, 4.69) is 254 Å². The third-order valence-electron chi connectivity index (χ3n) is 14.4. The Morgan fingerprint density at radius 1 is 0.478 bits per heavy atom. The zero-order valence-corrected chi connectivity index (χ0v) is 38.7. The number of benzene rings is 9. The first-order chi connectivity index (χ1) is 33.9. The van der Waals surface area contributed by atoms with E-state index >= 15 is 0 Å². The van der Waals surface area contributed by atoms with Crippen LogP contribution in [0, 0.1) is 0 Å². The van der Waals surface area contributed by atoms with Gasteiger partial charge in [-0.1, -0.05) is 172 Å². The van der Waals surface area contributed by atoms with Gasteiger partial charge in [-0.3, -0.25) is 0 Å². The van der Waals surface area contributed by atoms with Crippen molar-refractivity contribution >= 4 is 60.8 Å². The van der Waals surface area contributed by atoms with Crippen molar-refractivity contribution in [3.05, 3.63) is 252 Å². The third-order valence-corrected chi connectivity index (χ3v) is 14.4. The van der Waals surface area contributed by atoms with Crippen LogP contribution in [0.2, 0.25) is 0 Å². The molecule has 0 aliphatic carbocycles. The van der Waals surface area contributed by atoms with Gasteiger partial charge in [-0.25, -0.2) is 4.99 Å². The maximum absolute atomic E-state index is 7.45. The molecule has 0 atom stereocenters. The van der Waals surface area contributed by atoms with Gasteiger partial charge in [-0.2, -0.15) is 0 Å². The van der Waals surface area contributed by atoms with Gasteiger partial charge in [0.1, 0.15) is 11.6 Å². The fourth-order valence-electron chi connectivity index (χ4n) is 10.9. The lowest BCUT2D eigenvalue weighted by molar-refractivity contribution is 0.415. The number of hydrogen-bond donors (Lipinski definition) is 1. The van der Waals surface area contributed by atoms with Crippen molar-refractivity contribution in [3.63, 3.8) is 0 Å². The van der Waals surface area contributed by atoms with Crippen molar-refractivity contribution in [1.29, 1.82) is 0 Å². The highest BCUT2D eigenvalue weighted by Crippen LogP contribution is 2.52. The largest absolute Gasteiger partial charge is 0.454 e. The standard InChI is InChI=1S/C64H48N4O/c1-41-33-36-54(42-19-7-4-8-20-42)65-63(66-60(41)43-21-9-5-10-22-43)49-27-17-28-52-61(49)69-62-53(64(52,2)3)29-18-32-59(62)68-56-31-16-14-26-48(56)51-40-45(35-38-58(51)68)44-34-37-57-50(39-44)47-25-13-15-30-55(47)67(57)46-23-11-6-12-24-46/h4-32,34-40H,33H2,1-3H3,(H,65,66)/b54-36+,60-41?. The summed E-state index contributed by atoms with van der Waals surface area (Å²) in [5.41, 5.74) is 17.3. The van der Waals surface area contributed by atoms with Crippen LogP contribution >= 0.6 is 0 Å². The summed E-state index contributed by atoms with van der Waals surface area (Å²) in [4.78, 5) is 5.48. The van der Waals surface area contributed by atoms with E-state index in [9.17, 15) is 0 Å². The van der Waals surface area contributed by atoms with Crippen molar-refractivity contribution in [2.45, 2.75) is 32.6 Å². The van der Waals surface area contributed by atoms with Crippen molar-refractivity contribution < 1.29 is 4.74 Å². The van der Waals surface area contributed by atoms with Gasteiger partial charge in [0.05, 0.1) is 39.0 Å². The molecule has 5 nitrogen and oxygen atoms in total. The second-order valence-electron chi connectivity index (χ2n) is 18.8. The molecule has 11 aromatic rings. The summed E-state index contributed by atoms with van der Waals surface area (Å²) in [6.45, 7) is 6.84. The molecule has 1 N–H and O–H groups in total. The Morgan fingerprint density at radius 2 is 1.01 bits per heavy atom. The molecule has 5 heteroatoms. The Bertz CT molecular complexity index is 3940. The number of amidine groups is 1. The SMILES string of the molecule is CC1=C(c2ccccc2)NC(c2cccc3c2Oc2c(-n4c5ccccc5c5cc(-c6ccc7c(c6)c6ccccc6n7-c6ccccc6)ccc54)cccc2C3(C)C)=N/C(c2ccccc2)=C/C1. The molecule has 9 aromatic carbocycles. The first-order valence-electron chi connectivity index (χ1n) is 23.8. The minimum absolute atomic E-state index is 0.405. The highest BCUT2D eigenvalue weighted by atomic mass is 16.5. The van der Waals surface area contributed by atoms with E-state index in [0.29, 0.717) is 0 Å². The second kappa shape index (κ2) is 16.0. The lowest BCUT2D eigenvalue weighted by Gasteiger charge is -2.37. The minimum Gasteiger partial charge on any atom is -0.454 e. The Hall–Kier alpha value is -8.67. The summed E-state index contributed by atoms with van der Waals surface area (Å²) < 4.78 is 12.2. The summed E-state index contributed by atoms with van der Waals surface area (Å²) >= 11 is 0. The number of fused-ring (bicyclic) bond motifs is 8. The average molecular weight is 889 g/mol. The highest BCUT2D eigenvalue weighted by Gasteiger charge is 2.38. The lowest BCUT2D eigenvalue weighted by atomic mass is 9.75. The molecular formula is C64H48N4O. The molecule has 0 radical (unpaired) electrons. The number of allylic oxidation sites excluding steroid dienone is 2. The minimum atomic E-state index is -0.405. The smallest absolute Gasteiger partial charge is 0.155 e. The fourth-order valence-corrected chi connectivity index (χ4v) is 10.9. The number of ether oxygens (including phenoxy) is 1. The van der Waals surface area contributed by atoms with Crippen LogP contribution in [0.25, 0.3) is 77.5 Å².